The van der Waals surface area contributed by atoms with Crippen LogP contribution in [-0.4, -0.2) is 39.6 Å². The minimum Gasteiger partial charge on any atom is -0.481 e. The molecule has 0 bridgehead atoms. The molecule has 0 amide bonds. The molecule has 1 atom stereocenters. The van der Waals surface area contributed by atoms with Gasteiger partial charge in [-0.05, 0) is 36.5 Å². The number of ether oxygens (including phenoxy) is 1. The first-order valence-corrected chi connectivity index (χ1v) is 10.0. The third-order valence-electron chi connectivity index (χ3n) is 6.06. The van der Waals surface area contributed by atoms with Gasteiger partial charge in [0.1, 0.15) is 5.78 Å². The molecule has 152 valence electrons. The van der Waals surface area contributed by atoms with Crippen molar-refractivity contribution in [1.29, 1.82) is 0 Å². The zero-order chi connectivity index (χ0) is 20.4. The molecule has 2 N–H and O–H groups in total. The molecule has 1 aliphatic heterocycles. The Morgan fingerprint density at radius 2 is 2.03 bits per heavy atom. The number of rotatable bonds is 7. The van der Waals surface area contributed by atoms with Gasteiger partial charge in [-0.25, -0.2) is 4.99 Å². The van der Waals surface area contributed by atoms with Crippen LogP contribution in [-0.2, 0) is 29.1 Å². The molecule has 29 heavy (non-hydrogen) atoms. The number of nitrogens with zero attached hydrogens (tertiary/aromatic N) is 2. The highest BCUT2D eigenvalue weighted by Gasteiger charge is 2.43. The van der Waals surface area contributed by atoms with E-state index in [1.165, 1.54) is 0 Å². The SMILES string of the molecule is COC1=NCc2cc(CC(=O)C[C@H](c3ccccc3)C3(O)CCC3)nc(CO)c21. The van der Waals surface area contributed by atoms with Crippen LogP contribution in [0, 0.1) is 0 Å². The molecule has 2 aromatic rings. The second-order valence-electron chi connectivity index (χ2n) is 7.92. The van der Waals surface area contributed by atoms with E-state index in [0.717, 1.165) is 36.0 Å². The smallest absolute Gasteiger partial charge is 0.218 e. The minimum absolute atomic E-state index is 0.0291. The summed E-state index contributed by atoms with van der Waals surface area (Å²) >= 11 is 0. The van der Waals surface area contributed by atoms with Crippen LogP contribution in [0.15, 0.2) is 41.4 Å². The third kappa shape index (κ3) is 3.82. The van der Waals surface area contributed by atoms with Crippen molar-refractivity contribution < 1.29 is 19.7 Å². The summed E-state index contributed by atoms with van der Waals surface area (Å²) in [6, 6.07) is 11.7. The van der Waals surface area contributed by atoms with Gasteiger partial charge in [-0.15, -0.1) is 0 Å². The van der Waals surface area contributed by atoms with E-state index >= 15 is 0 Å². The van der Waals surface area contributed by atoms with Crippen molar-refractivity contribution in [3.05, 3.63) is 64.5 Å². The summed E-state index contributed by atoms with van der Waals surface area (Å²) in [4.78, 5) is 21.7. The summed E-state index contributed by atoms with van der Waals surface area (Å²) in [5.74, 6) is 0.298. The van der Waals surface area contributed by atoms with Gasteiger partial charge in [-0.2, -0.15) is 0 Å². The van der Waals surface area contributed by atoms with Crippen LogP contribution >= 0.6 is 0 Å². The van der Waals surface area contributed by atoms with Crippen molar-refractivity contribution in [2.75, 3.05) is 7.11 Å². The Morgan fingerprint density at radius 3 is 2.66 bits per heavy atom. The average Bonchev–Trinajstić information content (AvgIpc) is 3.13. The second-order valence-corrected chi connectivity index (χ2v) is 7.92. The van der Waals surface area contributed by atoms with Crippen molar-refractivity contribution in [1.82, 2.24) is 4.98 Å². The van der Waals surface area contributed by atoms with E-state index in [1.54, 1.807) is 7.11 Å². The predicted molar refractivity (Wildman–Crippen MR) is 109 cm³/mol. The number of carbonyl (C=O) groups excluding carboxylic acids is 1. The molecule has 1 fully saturated rings. The number of pyridine rings is 1. The van der Waals surface area contributed by atoms with Crippen molar-refractivity contribution in [3.63, 3.8) is 0 Å². The number of carbonyl (C=O) groups is 1. The van der Waals surface area contributed by atoms with Crippen LogP contribution in [0.5, 0.6) is 0 Å². The standard InChI is InChI=1S/C23H26N2O4/c1-29-22-21-16(13-24-22)10-17(25-20(21)14-26)11-18(27)12-19(23(28)8-5-9-23)15-6-3-2-4-7-15/h2-4,6-7,10,19,26,28H,5,8-9,11-14H2,1H3/t19-/m1/s1. The maximum Gasteiger partial charge on any atom is 0.218 e. The van der Waals surface area contributed by atoms with Crippen molar-refractivity contribution >= 4 is 11.7 Å². The number of aliphatic imine (C=N–C) groups is 1. The minimum atomic E-state index is -0.806. The molecule has 6 nitrogen and oxygen atoms in total. The lowest BCUT2D eigenvalue weighted by atomic mass is 9.67. The summed E-state index contributed by atoms with van der Waals surface area (Å²) in [5.41, 5.74) is 2.95. The van der Waals surface area contributed by atoms with E-state index in [4.69, 9.17) is 4.74 Å². The Hall–Kier alpha value is -2.57. The van der Waals surface area contributed by atoms with E-state index in [2.05, 4.69) is 9.98 Å². The highest BCUT2D eigenvalue weighted by Crippen LogP contribution is 2.45. The number of hydrogen-bond acceptors (Lipinski definition) is 6. The van der Waals surface area contributed by atoms with Crippen LogP contribution in [0.4, 0.5) is 0 Å². The highest BCUT2D eigenvalue weighted by atomic mass is 16.5. The van der Waals surface area contributed by atoms with Crippen LogP contribution in [0.25, 0.3) is 0 Å². The topological polar surface area (TPSA) is 92.0 Å². The summed E-state index contributed by atoms with van der Waals surface area (Å²) in [6.45, 7) is 0.223. The van der Waals surface area contributed by atoms with Gasteiger partial charge >= 0.3 is 0 Å². The van der Waals surface area contributed by atoms with E-state index in [0.29, 0.717) is 23.8 Å². The van der Waals surface area contributed by atoms with E-state index in [1.807, 2.05) is 36.4 Å². The Kier molecular flexibility index (Phi) is 5.48. The van der Waals surface area contributed by atoms with E-state index in [9.17, 15) is 15.0 Å². The Morgan fingerprint density at radius 1 is 1.28 bits per heavy atom. The molecule has 1 saturated carbocycles. The summed E-state index contributed by atoms with van der Waals surface area (Å²) in [5, 5.41) is 20.7. The van der Waals surface area contributed by atoms with Gasteiger partial charge in [0.2, 0.25) is 5.90 Å². The number of ketones is 1. The van der Waals surface area contributed by atoms with Gasteiger partial charge in [0.25, 0.3) is 0 Å². The molecule has 1 aliphatic carbocycles. The fourth-order valence-corrected chi connectivity index (χ4v) is 4.41. The second kappa shape index (κ2) is 8.05. The number of hydrogen-bond donors (Lipinski definition) is 2. The number of Topliss-reactive ketones (excluding diaryl/α,β-unsaturated/α-hetero) is 1. The lowest BCUT2D eigenvalue weighted by Gasteiger charge is -2.43. The molecule has 2 aliphatic rings. The number of methoxy groups -OCH3 is 1. The first kappa shape index (κ1) is 19.7. The number of aromatic nitrogens is 1. The van der Waals surface area contributed by atoms with Crippen LogP contribution in [0.1, 0.15) is 59.7 Å². The zero-order valence-corrected chi connectivity index (χ0v) is 16.6. The van der Waals surface area contributed by atoms with Crippen LogP contribution in [0.3, 0.4) is 0 Å². The van der Waals surface area contributed by atoms with Gasteiger partial charge in [-0.3, -0.25) is 9.78 Å². The zero-order valence-electron chi connectivity index (χ0n) is 16.6. The lowest BCUT2D eigenvalue weighted by molar-refractivity contribution is -0.122. The summed E-state index contributed by atoms with van der Waals surface area (Å²) < 4.78 is 5.26. The quantitative estimate of drug-likeness (QED) is 0.753. The Labute approximate surface area is 170 Å². The fraction of sp³-hybridized carbons (Fsp3) is 0.435. The predicted octanol–water partition coefficient (Wildman–Crippen LogP) is 2.68. The average molecular weight is 394 g/mol. The normalized spacial score (nSPS) is 17.8. The van der Waals surface area contributed by atoms with Gasteiger partial charge < -0.3 is 14.9 Å². The van der Waals surface area contributed by atoms with Crippen LogP contribution in [0.2, 0.25) is 0 Å². The largest absolute Gasteiger partial charge is 0.481 e. The number of fused-ring (bicyclic) bond motifs is 1. The fourth-order valence-electron chi connectivity index (χ4n) is 4.41. The van der Waals surface area contributed by atoms with Crippen LogP contribution < -0.4 is 0 Å². The first-order valence-electron chi connectivity index (χ1n) is 10.0. The summed E-state index contributed by atoms with van der Waals surface area (Å²) in [7, 11) is 1.54. The Balaban J connectivity index is 1.53. The third-order valence-corrected chi connectivity index (χ3v) is 6.06. The molecule has 1 aromatic heterocycles. The lowest BCUT2D eigenvalue weighted by Crippen LogP contribution is -2.44. The molecule has 1 aromatic carbocycles. The van der Waals surface area contributed by atoms with Gasteiger partial charge in [0, 0.05) is 24.5 Å². The molecule has 0 saturated heterocycles. The number of aliphatic hydroxyl groups excluding tert-OH is 1. The molecule has 0 radical (unpaired) electrons. The van der Waals surface area contributed by atoms with Crippen molar-refractivity contribution in [3.8, 4) is 0 Å². The van der Waals surface area contributed by atoms with Crippen molar-refractivity contribution in [2.24, 2.45) is 4.99 Å². The van der Waals surface area contributed by atoms with Gasteiger partial charge in [0.15, 0.2) is 0 Å². The van der Waals surface area contributed by atoms with Gasteiger partial charge in [-0.1, -0.05) is 30.3 Å². The maximum atomic E-state index is 12.9. The molecule has 0 spiro atoms. The summed E-state index contributed by atoms with van der Waals surface area (Å²) in [6.07, 6.45) is 2.88. The molecular formula is C23H26N2O4. The Bertz CT molecular complexity index is 935. The number of aliphatic hydroxyl groups is 2. The monoisotopic (exact) mass is 394 g/mol. The number of benzene rings is 1. The van der Waals surface area contributed by atoms with Gasteiger partial charge in [0.05, 0.1) is 37.1 Å². The van der Waals surface area contributed by atoms with E-state index in [-0.39, 0.29) is 31.1 Å². The molecule has 4 rings (SSSR count). The molecule has 6 heteroatoms. The first-order chi connectivity index (χ1) is 14.0. The molecule has 0 unspecified atom stereocenters. The highest BCUT2D eigenvalue weighted by molar-refractivity contribution is 5.98. The maximum absolute atomic E-state index is 12.9. The van der Waals surface area contributed by atoms with Crippen molar-refractivity contribution in [2.45, 2.75) is 56.8 Å². The van der Waals surface area contributed by atoms with E-state index < -0.39 is 5.60 Å². The molecule has 2 heterocycles. The molecular weight excluding hydrogens is 368 g/mol.